The standard InChI is InChI=1S/C18H19NO4S/c1-12-3-4-13(2)16(9-12)19-17(20)11-24(23)10-14-5-7-15(8-6-14)18(21)22/h3-9H,10-11H2,1-2H3,(H,19,20)(H,21,22). The van der Waals surface area contributed by atoms with Gasteiger partial charge in [0.15, 0.2) is 0 Å². The van der Waals surface area contributed by atoms with Crippen LogP contribution >= 0.6 is 0 Å². The summed E-state index contributed by atoms with van der Waals surface area (Å²) in [7, 11) is -1.36. The van der Waals surface area contributed by atoms with Crippen LogP contribution in [0.4, 0.5) is 5.69 Å². The first-order valence-electron chi connectivity index (χ1n) is 7.39. The van der Waals surface area contributed by atoms with Gasteiger partial charge in [0.25, 0.3) is 0 Å². The monoisotopic (exact) mass is 345 g/mol. The number of aryl methyl sites for hydroxylation is 2. The van der Waals surface area contributed by atoms with Gasteiger partial charge in [-0.15, -0.1) is 0 Å². The Morgan fingerprint density at radius 1 is 1.08 bits per heavy atom. The van der Waals surface area contributed by atoms with Crippen molar-refractivity contribution in [3.8, 4) is 0 Å². The maximum atomic E-state index is 12.1. The number of anilines is 1. The van der Waals surface area contributed by atoms with E-state index in [1.165, 1.54) is 12.1 Å². The van der Waals surface area contributed by atoms with Gasteiger partial charge in [-0.1, -0.05) is 24.3 Å². The maximum Gasteiger partial charge on any atom is 0.335 e. The number of carboxylic acids is 1. The lowest BCUT2D eigenvalue weighted by Gasteiger charge is -2.09. The number of rotatable bonds is 6. The van der Waals surface area contributed by atoms with E-state index in [4.69, 9.17) is 5.11 Å². The van der Waals surface area contributed by atoms with Crippen LogP contribution in [0.5, 0.6) is 0 Å². The molecule has 0 radical (unpaired) electrons. The van der Waals surface area contributed by atoms with Crippen LogP contribution < -0.4 is 5.32 Å². The lowest BCUT2D eigenvalue weighted by atomic mass is 10.1. The van der Waals surface area contributed by atoms with E-state index in [2.05, 4.69) is 5.32 Å². The van der Waals surface area contributed by atoms with Crippen LogP contribution in [-0.4, -0.2) is 26.9 Å². The summed E-state index contributed by atoms with van der Waals surface area (Å²) in [5.74, 6) is -1.20. The van der Waals surface area contributed by atoms with Crippen LogP contribution in [0.25, 0.3) is 0 Å². The summed E-state index contributed by atoms with van der Waals surface area (Å²) in [6, 6.07) is 11.9. The molecule has 2 rings (SSSR count). The Kier molecular flexibility index (Phi) is 5.87. The number of aromatic carboxylic acids is 1. The van der Waals surface area contributed by atoms with Gasteiger partial charge in [0.2, 0.25) is 5.91 Å². The zero-order valence-electron chi connectivity index (χ0n) is 13.5. The molecule has 0 saturated carbocycles. The van der Waals surface area contributed by atoms with E-state index in [-0.39, 0.29) is 23.0 Å². The second-order valence-electron chi connectivity index (χ2n) is 5.60. The van der Waals surface area contributed by atoms with E-state index in [1.807, 2.05) is 32.0 Å². The van der Waals surface area contributed by atoms with Crippen LogP contribution in [0.1, 0.15) is 27.0 Å². The molecule has 1 unspecified atom stereocenters. The van der Waals surface area contributed by atoms with Gasteiger partial charge in [0.1, 0.15) is 5.75 Å². The van der Waals surface area contributed by atoms with Gasteiger partial charge in [-0.05, 0) is 48.7 Å². The Hall–Kier alpha value is -2.47. The zero-order chi connectivity index (χ0) is 17.7. The highest BCUT2D eigenvalue weighted by Gasteiger charge is 2.11. The molecule has 1 atom stereocenters. The minimum absolute atomic E-state index is 0.103. The molecular formula is C18H19NO4S. The molecule has 0 aliphatic rings. The Labute approximate surface area is 143 Å². The topological polar surface area (TPSA) is 83.5 Å². The maximum absolute atomic E-state index is 12.1. The molecule has 0 saturated heterocycles. The molecule has 6 heteroatoms. The fraction of sp³-hybridized carbons (Fsp3) is 0.222. The number of carbonyl (C=O) groups excluding carboxylic acids is 1. The van der Waals surface area contributed by atoms with Crippen LogP contribution in [0.3, 0.4) is 0 Å². The largest absolute Gasteiger partial charge is 0.478 e. The highest BCUT2D eigenvalue weighted by atomic mass is 32.2. The third kappa shape index (κ3) is 5.03. The third-order valence-electron chi connectivity index (χ3n) is 3.49. The van der Waals surface area contributed by atoms with Gasteiger partial charge in [0.05, 0.1) is 5.56 Å². The molecule has 24 heavy (non-hydrogen) atoms. The average molecular weight is 345 g/mol. The van der Waals surface area contributed by atoms with Gasteiger partial charge in [-0.2, -0.15) is 0 Å². The smallest absolute Gasteiger partial charge is 0.335 e. The summed E-state index contributed by atoms with van der Waals surface area (Å²) in [4.78, 5) is 22.8. The predicted molar refractivity (Wildman–Crippen MR) is 94.7 cm³/mol. The van der Waals surface area contributed by atoms with Crippen molar-refractivity contribution in [3.63, 3.8) is 0 Å². The van der Waals surface area contributed by atoms with Gasteiger partial charge >= 0.3 is 5.97 Å². The number of hydrogen-bond acceptors (Lipinski definition) is 3. The minimum atomic E-state index is -1.36. The van der Waals surface area contributed by atoms with E-state index in [0.29, 0.717) is 0 Å². The van der Waals surface area contributed by atoms with Gasteiger partial charge < -0.3 is 10.4 Å². The van der Waals surface area contributed by atoms with Crippen molar-refractivity contribution in [3.05, 3.63) is 64.7 Å². The molecule has 0 bridgehead atoms. The quantitative estimate of drug-likeness (QED) is 0.843. The average Bonchev–Trinajstić information content (AvgIpc) is 2.51. The van der Waals surface area contributed by atoms with E-state index >= 15 is 0 Å². The van der Waals surface area contributed by atoms with Crippen molar-refractivity contribution >= 4 is 28.4 Å². The lowest BCUT2D eigenvalue weighted by molar-refractivity contribution is -0.113. The molecule has 0 aliphatic carbocycles. The summed E-state index contributed by atoms with van der Waals surface area (Å²) in [5.41, 5.74) is 3.62. The van der Waals surface area contributed by atoms with Gasteiger partial charge in [-0.3, -0.25) is 9.00 Å². The minimum Gasteiger partial charge on any atom is -0.478 e. The second kappa shape index (κ2) is 7.88. The molecule has 2 aromatic carbocycles. The number of hydrogen-bond donors (Lipinski definition) is 2. The van der Waals surface area contributed by atoms with Crippen LogP contribution in [-0.2, 0) is 21.3 Å². The molecule has 0 spiro atoms. The van der Waals surface area contributed by atoms with Crippen molar-refractivity contribution in [2.75, 3.05) is 11.1 Å². The first kappa shape index (κ1) is 17.9. The molecule has 2 aromatic rings. The Morgan fingerprint density at radius 3 is 2.38 bits per heavy atom. The Bertz CT molecular complexity index is 784. The number of nitrogens with one attached hydrogen (secondary N) is 1. The van der Waals surface area contributed by atoms with Gasteiger partial charge in [-0.25, -0.2) is 4.79 Å². The molecule has 0 fully saturated rings. The molecule has 0 aliphatic heterocycles. The summed E-state index contributed by atoms with van der Waals surface area (Å²) in [6.07, 6.45) is 0. The van der Waals surface area contributed by atoms with Crippen LogP contribution in [0.2, 0.25) is 0 Å². The molecule has 5 nitrogen and oxygen atoms in total. The Balaban J connectivity index is 1.93. The fourth-order valence-electron chi connectivity index (χ4n) is 2.18. The summed E-state index contributed by atoms with van der Waals surface area (Å²) >= 11 is 0. The molecule has 126 valence electrons. The first-order valence-corrected chi connectivity index (χ1v) is 8.88. The van der Waals surface area contributed by atoms with Crippen molar-refractivity contribution in [1.29, 1.82) is 0 Å². The molecule has 2 N–H and O–H groups in total. The van der Waals surface area contributed by atoms with E-state index in [0.717, 1.165) is 22.4 Å². The summed E-state index contributed by atoms with van der Waals surface area (Å²) in [5, 5.41) is 11.6. The lowest BCUT2D eigenvalue weighted by Crippen LogP contribution is -2.20. The number of carboxylic acid groups (broad SMARTS) is 1. The fourth-order valence-corrected chi connectivity index (χ4v) is 3.21. The summed E-state index contributed by atoms with van der Waals surface area (Å²) in [6.45, 7) is 3.84. The van der Waals surface area contributed by atoms with Crippen molar-refractivity contribution in [2.24, 2.45) is 0 Å². The SMILES string of the molecule is Cc1ccc(C)c(NC(=O)CS(=O)Cc2ccc(C(=O)O)cc2)c1. The van der Waals surface area contributed by atoms with Crippen molar-refractivity contribution in [2.45, 2.75) is 19.6 Å². The van der Waals surface area contributed by atoms with Crippen LogP contribution in [0.15, 0.2) is 42.5 Å². The molecular weight excluding hydrogens is 326 g/mol. The van der Waals surface area contributed by atoms with Gasteiger partial charge in [0, 0.05) is 22.2 Å². The first-order chi connectivity index (χ1) is 11.3. The molecule has 0 heterocycles. The van der Waals surface area contributed by atoms with E-state index < -0.39 is 16.8 Å². The van der Waals surface area contributed by atoms with E-state index in [9.17, 15) is 13.8 Å². The number of carbonyl (C=O) groups is 2. The zero-order valence-corrected chi connectivity index (χ0v) is 14.4. The van der Waals surface area contributed by atoms with Crippen molar-refractivity contribution in [1.82, 2.24) is 0 Å². The van der Waals surface area contributed by atoms with E-state index in [1.54, 1.807) is 12.1 Å². The summed E-state index contributed by atoms with van der Waals surface area (Å²) < 4.78 is 12.1. The number of amides is 1. The predicted octanol–water partition coefficient (Wildman–Crippen LogP) is 2.89. The molecule has 1 amide bonds. The normalized spacial score (nSPS) is 11.8. The number of benzene rings is 2. The second-order valence-corrected chi connectivity index (χ2v) is 7.05. The van der Waals surface area contributed by atoms with Crippen molar-refractivity contribution < 1.29 is 18.9 Å². The highest BCUT2D eigenvalue weighted by Crippen LogP contribution is 2.16. The third-order valence-corrected chi connectivity index (χ3v) is 4.73. The van der Waals surface area contributed by atoms with Crippen LogP contribution in [0, 0.1) is 13.8 Å². The highest BCUT2D eigenvalue weighted by molar-refractivity contribution is 7.84. The Morgan fingerprint density at radius 2 is 1.75 bits per heavy atom. The molecule has 0 aromatic heterocycles.